The maximum atomic E-state index is 13.5. The van der Waals surface area contributed by atoms with Gasteiger partial charge in [0.15, 0.2) is 0 Å². The Kier molecular flexibility index (Phi) is 5.45. The van der Waals surface area contributed by atoms with Gasteiger partial charge in [-0.05, 0) is 30.5 Å². The molecule has 7 heteroatoms. The monoisotopic (exact) mass is 346 g/mol. The lowest BCUT2D eigenvalue weighted by atomic mass is 10.1. The minimum Gasteiger partial charge on any atom is -0.333 e. The Morgan fingerprint density at radius 1 is 1.38 bits per heavy atom. The summed E-state index contributed by atoms with van der Waals surface area (Å²) < 4.78 is 13.5. The van der Waals surface area contributed by atoms with Crippen LogP contribution in [-0.2, 0) is 6.54 Å². The van der Waals surface area contributed by atoms with Crippen LogP contribution < -0.4 is 10.6 Å². The molecule has 0 aliphatic heterocycles. The summed E-state index contributed by atoms with van der Waals surface area (Å²) in [5.74, 6) is -0.566. The van der Waals surface area contributed by atoms with Crippen LogP contribution in [-0.4, -0.2) is 6.03 Å². The number of benzene rings is 1. The number of hydrogen-bond acceptors (Lipinski definition) is 2. The van der Waals surface area contributed by atoms with Crippen LogP contribution in [0.25, 0.3) is 0 Å². The second-order valence-electron chi connectivity index (χ2n) is 4.38. The third-order valence-corrected chi connectivity index (χ3v) is 4.45. The largest absolute Gasteiger partial charge is 0.333 e. The fourth-order valence-electron chi connectivity index (χ4n) is 1.84. The van der Waals surface area contributed by atoms with E-state index < -0.39 is 11.9 Å². The van der Waals surface area contributed by atoms with E-state index >= 15 is 0 Å². The maximum Gasteiger partial charge on any atom is 0.315 e. The average molecular weight is 347 g/mol. The molecule has 1 aromatic heterocycles. The van der Waals surface area contributed by atoms with Crippen molar-refractivity contribution in [1.82, 2.24) is 10.6 Å². The zero-order chi connectivity index (χ0) is 15.4. The number of nitrogens with one attached hydrogen (secondary N) is 2. The number of urea groups is 1. The van der Waals surface area contributed by atoms with Crippen LogP contribution in [0.5, 0.6) is 0 Å². The van der Waals surface area contributed by atoms with Gasteiger partial charge in [-0.3, -0.25) is 0 Å². The van der Waals surface area contributed by atoms with Gasteiger partial charge in [0, 0.05) is 15.5 Å². The quantitative estimate of drug-likeness (QED) is 0.770. The van der Waals surface area contributed by atoms with E-state index in [1.165, 1.54) is 12.1 Å². The second-order valence-corrected chi connectivity index (χ2v) is 6.20. The first-order chi connectivity index (χ1) is 9.99. The van der Waals surface area contributed by atoms with Gasteiger partial charge in [0.05, 0.1) is 17.6 Å². The number of amides is 2. The van der Waals surface area contributed by atoms with Crippen molar-refractivity contribution in [2.75, 3.05) is 0 Å². The van der Waals surface area contributed by atoms with Crippen LogP contribution in [0.4, 0.5) is 9.18 Å². The fourth-order valence-corrected chi connectivity index (χ4v) is 3.18. The predicted octanol–water partition coefficient (Wildman–Crippen LogP) is 4.75. The molecule has 0 saturated heterocycles. The third-order valence-electron chi connectivity index (χ3n) is 2.86. The smallest absolute Gasteiger partial charge is 0.315 e. The molecule has 1 heterocycles. The molecule has 0 saturated carbocycles. The normalized spacial score (nSPS) is 12.0. The Bertz CT molecular complexity index is 634. The fraction of sp³-hybridized carbons (Fsp3) is 0.214. The summed E-state index contributed by atoms with van der Waals surface area (Å²) in [7, 11) is 0. The SMILES string of the molecule is CC(NC(=O)NCc1cccs1)c1c(Cl)ccc(F)c1Cl. The van der Waals surface area contributed by atoms with E-state index in [2.05, 4.69) is 10.6 Å². The van der Waals surface area contributed by atoms with Crippen LogP contribution in [0.15, 0.2) is 29.6 Å². The molecule has 2 N–H and O–H groups in total. The van der Waals surface area contributed by atoms with Crippen molar-refractivity contribution in [3.8, 4) is 0 Å². The van der Waals surface area contributed by atoms with E-state index in [1.54, 1.807) is 18.3 Å². The van der Waals surface area contributed by atoms with E-state index in [4.69, 9.17) is 23.2 Å². The zero-order valence-corrected chi connectivity index (χ0v) is 13.4. The van der Waals surface area contributed by atoms with Crippen molar-refractivity contribution in [1.29, 1.82) is 0 Å². The topological polar surface area (TPSA) is 41.1 Å². The van der Waals surface area contributed by atoms with Crippen molar-refractivity contribution in [3.05, 3.63) is 55.9 Å². The molecule has 3 nitrogen and oxygen atoms in total. The van der Waals surface area contributed by atoms with Crippen molar-refractivity contribution in [3.63, 3.8) is 0 Å². The molecule has 0 fully saturated rings. The average Bonchev–Trinajstić information content (AvgIpc) is 2.94. The van der Waals surface area contributed by atoms with E-state index in [0.29, 0.717) is 17.1 Å². The molecule has 2 aromatic rings. The molecule has 1 unspecified atom stereocenters. The summed E-state index contributed by atoms with van der Waals surface area (Å²) in [5.41, 5.74) is 0.365. The van der Waals surface area contributed by atoms with Gasteiger partial charge < -0.3 is 10.6 Å². The number of carbonyl (C=O) groups excluding carboxylic acids is 1. The van der Waals surface area contributed by atoms with Gasteiger partial charge in [0.1, 0.15) is 5.82 Å². The molecule has 112 valence electrons. The molecular formula is C14H13Cl2FN2OS. The van der Waals surface area contributed by atoms with Gasteiger partial charge in [0.2, 0.25) is 0 Å². The molecule has 21 heavy (non-hydrogen) atoms. The summed E-state index contributed by atoms with van der Waals surface area (Å²) in [6.45, 7) is 2.12. The summed E-state index contributed by atoms with van der Waals surface area (Å²) >= 11 is 13.5. The van der Waals surface area contributed by atoms with Gasteiger partial charge in [0.25, 0.3) is 0 Å². The van der Waals surface area contributed by atoms with Crippen LogP contribution >= 0.6 is 34.5 Å². The van der Waals surface area contributed by atoms with Gasteiger partial charge in [-0.2, -0.15) is 0 Å². The summed E-state index contributed by atoms with van der Waals surface area (Å²) in [4.78, 5) is 12.9. The first-order valence-electron chi connectivity index (χ1n) is 6.19. The number of hydrogen-bond donors (Lipinski definition) is 2. The van der Waals surface area contributed by atoms with Crippen LogP contribution in [0.1, 0.15) is 23.4 Å². The summed E-state index contributed by atoms with van der Waals surface area (Å²) in [6, 6.07) is 5.57. The Morgan fingerprint density at radius 2 is 2.14 bits per heavy atom. The molecule has 2 amide bonds. The third kappa shape index (κ3) is 4.09. The minimum atomic E-state index is -0.566. The molecule has 2 rings (SSSR count). The highest BCUT2D eigenvalue weighted by atomic mass is 35.5. The van der Waals surface area contributed by atoms with Crippen LogP contribution in [0, 0.1) is 5.82 Å². The van der Waals surface area contributed by atoms with E-state index in [0.717, 1.165) is 4.88 Å². The van der Waals surface area contributed by atoms with Crippen molar-refractivity contribution >= 4 is 40.6 Å². The Morgan fingerprint density at radius 3 is 2.81 bits per heavy atom. The first-order valence-corrected chi connectivity index (χ1v) is 7.82. The number of carbonyl (C=O) groups is 1. The highest BCUT2D eigenvalue weighted by molar-refractivity contribution is 7.09. The second kappa shape index (κ2) is 7.11. The molecule has 0 spiro atoms. The van der Waals surface area contributed by atoms with Gasteiger partial charge in [-0.1, -0.05) is 29.3 Å². The zero-order valence-electron chi connectivity index (χ0n) is 11.1. The van der Waals surface area contributed by atoms with Gasteiger partial charge >= 0.3 is 6.03 Å². The number of halogens is 3. The van der Waals surface area contributed by atoms with Crippen molar-refractivity contribution in [2.45, 2.75) is 19.5 Å². The van der Waals surface area contributed by atoms with Crippen molar-refractivity contribution < 1.29 is 9.18 Å². The lowest BCUT2D eigenvalue weighted by molar-refractivity contribution is 0.237. The standard InChI is InChI=1S/C14H13Cl2FN2OS/c1-8(12-10(15)4-5-11(17)13(12)16)19-14(20)18-7-9-3-2-6-21-9/h2-6,8H,7H2,1H3,(H2,18,19,20). The van der Waals surface area contributed by atoms with E-state index in [-0.39, 0.29) is 11.1 Å². The van der Waals surface area contributed by atoms with E-state index in [1.807, 2.05) is 17.5 Å². The lowest BCUT2D eigenvalue weighted by Gasteiger charge is -2.17. The molecule has 0 radical (unpaired) electrons. The highest BCUT2D eigenvalue weighted by Crippen LogP contribution is 2.32. The van der Waals surface area contributed by atoms with E-state index in [9.17, 15) is 9.18 Å². The summed E-state index contributed by atoms with van der Waals surface area (Å²) in [6.07, 6.45) is 0. The van der Waals surface area contributed by atoms with Crippen molar-refractivity contribution in [2.24, 2.45) is 0 Å². The summed E-state index contributed by atoms with van der Waals surface area (Å²) in [5, 5.41) is 7.58. The molecule has 0 aliphatic rings. The lowest BCUT2D eigenvalue weighted by Crippen LogP contribution is -2.36. The Hall–Kier alpha value is -1.30. The first kappa shape index (κ1) is 16.1. The molecular weight excluding hydrogens is 334 g/mol. The molecule has 1 atom stereocenters. The maximum absolute atomic E-state index is 13.5. The Balaban J connectivity index is 1.99. The minimum absolute atomic E-state index is 0.0754. The predicted molar refractivity (Wildman–Crippen MR) is 84.5 cm³/mol. The van der Waals surface area contributed by atoms with Crippen LogP contribution in [0.3, 0.4) is 0 Å². The Labute approximate surface area is 136 Å². The number of rotatable bonds is 4. The number of thiophene rings is 1. The molecule has 0 aliphatic carbocycles. The van der Waals surface area contributed by atoms with Gasteiger partial charge in [-0.25, -0.2) is 9.18 Å². The highest BCUT2D eigenvalue weighted by Gasteiger charge is 2.18. The molecule has 0 bridgehead atoms. The van der Waals surface area contributed by atoms with Crippen LogP contribution in [0.2, 0.25) is 10.0 Å². The molecule has 1 aromatic carbocycles. The van der Waals surface area contributed by atoms with Gasteiger partial charge in [-0.15, -0.1) is 11.3 Å².